The minimum absolute atomic E-state index is 0.141. The average Bonchev–Trinajstić information content (AvgIpc) is 2.70. The zero-order chi connectivity index (χ0) is 19.9. The molecule has 0 spiro atoms. The van der Waals surface area contributed by atoms with Gasteiger partial charge < -0.3 is 10.2 Å². The van der Waals surface area contributed by atoms with Gasteiger partial charge in [0.1, 0.15) is 5.82 Å². The molecule has 28 heavy (non-hydrogen) atoms. The highest BCUT2D eigenvalue weighted by molar-refractivity contribution is 7.99. The standard InChI is InChI=1S/C20H22FN3O3S/c21-16-5-7-17(8-6-16)28-19-9-4-15(14-18(19)24(26)27)20(25)22-10-13-23-11-2-1-3-12-23/h4-9,14H,1-3,10-13H2,(H,22,25). The highest BCUT2D eigenvalue weighted by Gasteiger charge is 2.19. The number of carbonyl (C=O) groups excluding carboxylic acids is 1. The summed E-state index contributed by atoms with van der Waals surface area (Å²) in [5, 5.41) is 14.3. The number of carbonyl (C=O) groups is 1. The van der Waals surface area contributed by atoms with Crippen molar-refractivity contribution >= 4 is 23.4 Å². The van der Waals surface area contributed by atoms with E-state index >= 15 is 0 Å². The summed E-state index contributed by atoms with van der Waals surface area (Å²) in [6.07, 6.45) is 3.63. The minimum Gasteiger partial charge on any atom is -0.351 e. The first-order chi connectivity index (χ1) is 13.5. The molecule has 0 bridgehead atoms. The predicted octanol–water partition coefficient (Wildman–Crippen LogP) is 4.10. The number of hydrogen-bond acceptors (Lipinski definition) is 5. The predicted molar refractivity (Wildman–Crippen MR) is 106 cm³/mol. The van der Waals surface area contributed by atoms with E-state index in [2.05, 4.69) is 10.2 Å². The van der Waals surface area contributed by atoms with E-state index in [1.807, 2.05) is 0 Å². The van der Waals surface area contributed by atoms with E-state index in [0.29, 0.717) is 16.3 Å². The number of nitro benzene ring substituents is 1. The van der Waals surface area contributed by atoms with Gasteiger partial charge >= 0.3 is 0 Å². The first kappa shape index (κ1) is 20.3. The monoisotopic (exact) mass is 403 g/mol. The van der Waals surface area contributed by atoms with Gasteiger partial charge in [-0.3, -0.25) is 14.9 Å². The lowest BCUT2D eigenvalue weighted by Gasteiger charge is -2.26. The third-order valence-corrected chi connectivity index (χ3v) is 5.69. The van der Waals surface area contributed by atoms with Crippen molar-refractivity contribution in [1.29, 1.82) is 0 Å². The van der Waals surface area contributed by atoms with Crippen LogP contribution >= 0.6 is 11.8 Å². The Morgan fingerprint density at radius 1 is 1.14 bits per heavy atom. The first-order valence-corrected chi connectivity index (χ1v) is 10.1. The molecule has 0 aromatic heterocycles. The minimum atomic E-state index is -0.504. The molecular weight excluding hydrogens is 381 g/mol. The van der Waals surface area contributed by atoms with Crippen molar-refractivity contribution in [2.75, 3.05) is 26.2 Å². The summed E-state index contributed by atoms with van der Waals surface area (Å²) in [4.78, 5) is 26.7. The van der Waals surface area contributed by atoms with Crippen LogP contribution in [0.15, 0.2) is 52.3 Å². The van der Waals surface area contributed by atoms with E-state index in [1.165, 1.54) is 37.5 Å². The third kappa shape index (κ3) is 5.53. The van der Waals surface area contributed by atoms with Crippen LogP contribution < -0.4 is 5.32 Å². The quantitative estimate of drug-likeness (QED) is 0.556. The number of rotatable bonds is 7. The van der Waals surface area contributed by atoms with Gasteiger partial charge in [0.2, 0.25) is 0 Å². The molecule has 1 amide bonds. The summed E-state index contributed by atoms with van der Waals surface area (Å²) in [7, 11) is 0. The summed E-state index contributed by atoms with van der Waals surface area (Å²) in [6.45, 7) is 3.40. The van der Waals surface area contributed by atoms with Crippen molar-refractivity contribution in [3.8, 4) is 0 Å². The number of hydrogen-bond donors (Lipinski definition) is 1. The summed E-state index contributed by atoms with van der Waals surface area (Å²) in [6, 6.07) is 10.2. The second-order valence-corrected chi connectivity index (χ2v) is 7.77. The third-order valence-electron chi connectivity index (χ3n) is 4.62. The van der Waals surface area contributed by atoms with Crippen LogP contribution in [0.3, 0.4) is 0 Å². The number of nitro groups is 1. The molecule has 0 saturated carbocycles. The summed E-state index contributed by atoms with van der Waals surface area (Å²) in [5.74, 6) is -0.686. The Kier molecular flexibility index (Phi) is 7.00. The van der Waals surface area contributed by atoms with Crippen molar-refractivity contribution < 1.29 is 14.1 Å². The van der Waals surface area contributed by atoms with Gasteiger partial charge in [-0.2, -0.15) is 0 Å². The van der Waals surface area contributed by atoms with Crippen molar-refractivity contribution in [1.82, 2.24) is 10.2 Å². The van der Waals surface area contributed by atoms with Crippen LogP contribution in [-0.4, -0.2) is 41.9 Å². The lowest BCUT2D eigenvalue weighted by atomic mass is 10.1. The fraction of sp³-hybridized carbons (Fsp3) is 0.350. The molecule has 1 aliphatic heterocycles. The van der Waals surface area contributed by atoms with Gasteiger partial charge in [-0.25, -0.2) is 4.39 Å². The Labute approximate surface area is 167 Å². The number of nitrogens with one attached hydrogen (secondary N) is 1. The SMILES string of the molecule is O=C(NCCN1CCCCC1)c1ccc(Sc2ccc(F)cc2)c([N+](=O)[O-])c1. The lowest BCUT2D eigenvalue weighted by Crippen LogP contribution is -2.37. The molecule has 0 radical (unpaired) electrons. The molecule has 3 rings (SSSR count). The number of benzene rings is 2. The molecule has 1 heterocycles. The highest BCUT2D eigenvalue weighted by Crippen LogP contribution is 2.35. The van der Waals surface area contributed by atoms with E-state index < -0.39 is 4.92 Å². The van der Waals surface area contributed by atoms with Crippen LogP contribution in [0.4, 0.5) is 10.1 Å². The Balaban J connectivity index is 1.64. The second kappa shape index (κ2) is 9.66. The maximum Gasteiger partial charge on any atom is 0.284 e. The summed E-state index contributed by atoms with van der Waals surface area (Å²) < 4.78 is 13.0. The van der Waals surface area contributed by atoms with Crippen LogP contribution in [0.25, 0.3) is 0 Å². The van der Waals surface area contributed by atoms with Crippen molar-refractivity contribution in [2.45, 2.75) is 29.1 Å². The van der Waals surface area contributed by atoms with Crippen LogP contribution in [0, 0.1) is 15.9 Å². The smallest absolute Gasteiger partial charge is 0.284 e. The number of amides is 1. The normalized spacial score (nSPS) is 14.6. The average molecular weight is 403 g/mol. The van der Waals surface area contributed by atoms with Crippen molar-refractivity contribution in [3.05, 3.63) is 64.0 Å². The molecule has 0 atom stereocenters. The van der Waals surface area contributed by atoms with Crippen LogP contribution in [0.1, 0.15) is 29.6 Å². The Bertz CT molecular complexity index is 839. The Morgan fingerprint density at radius 3 is 2.54 bits per heavy atom. The molecule has 0 unspecified atom stereocenters. The molecule has 148 valence electrons. The zero-order valence-corrected chi connectivity index (χ0v) is 16.2. The van der Waals surface area contributed by atoms with Gasteiger partial charge in [-0.15, -0.1) is 0 Å². The van der Waals surface area contributed by atoms with Crippen molar-refractivity contribution in [2.24, 2.45) is 0 Å². The molecule has 6 nitrogen and oxygen atoms in total. The molecule has 1 saturated heterocycles. The molecule has 8 heteroatoms. The van der Waals surface area contributed by atoms with Crippen LogP contribution in [-0.2, 0) is 0 Å². The van der Waals surface area contributed by atoms with Gasteiger partial charge in [-0.05, 0) is 62.3 Å². The topological polar surface area (TPSA) is 75.5 Å². The first-order valence-electron chi connectivity index (χ1n) is 9.25. The largest absolute Gasteiger partial charge is 0.351 e. The fourth-order valence-corrected chi connectivity index (χ4v) is 4.03. The van der Waals surface area contributed by atoms with E-state index in [4.69, 9.17) is 0 Å². The fourth-order valence-electron chi connectivity index (χ4n) is 3.13. The van der Waals surface area contributed by atoms with Gasteiger partial charge in [-0.1, -0.05) is 18.2 Å². The Hall–Kier alpha value is -2.45. The van der Waals surface area contributed by atoms with E-state index in [0.717, 1.165) is 31.4 Å². The molecule has 1 aliphatic rings. The van der Waals surface area contributed by atoms with Gasteiger partial charge in [0.25, 0.3) is 11.6 Å². The van der Waals surface area contributed by atoms with Crippen molar-refractivity contribution in [3.63, 3.8) is 0 Å². The molecule has 0 aliphatic carbocycles. The van der Waals surface area contributed by atoms with E-state index in [-0.39, 0.29) is 23.0 Å². The second-order valence-electron chi connectivity index (χ2n) is 6.65. The number of likely N-dealkylation sites (tertiary alicyclic amines) is 1. The lowest BCUT2D eigenvalue weighted by molar-refractivity contribution is -0.387. The molecule has 2 aromatic carbocycles. The number of piperidine rings is 1. The molecule has 1 fully saturated rings. The Morgan fingerprint density at radius 2 is 1.86 bits per heavy atom. The molecular formula is C20H22FN3O3S. The number of halogens is 1. The van der Waals surface area contributed by atoms with Gasteiger partial charge in [0.05, 0.1) is 9.82 Å². The van der Waals surface area contributed by atoms with Gasteiger partial charge in [0, 0.05) is 29.6 Å². The van der Waals surface area contributed by atoms with Crippen LogP contribution in [0.5, 0.6) is 0 Å². The van der Waals surface area contributed by atoms with E-state index in [1.54, 1.807) is 24.3 Å². The molecule has 1 N–H and O–H groups in total. The highest BCUT2D eigenvalue weighted by atomic mass is 32.2. The number of nitrogens with zero attached hydrogens (tertiary/aromatic N) is 2. The summed E-state index contributed by atoms with van der Waals surface area (Å²) >= 11 is 1.16. The zero-order valence-electron chi connectivity index (χ0n) is 15.4. The van der Waals surface area contributed by atoms with Gasteiger partial charge in [0.15, 0.2) is 0 Å². The maximum atomic E-state index is 13.0. The molecule has 2 aromatic rings. The maximum absolute atomic E-state index is 13.0. The summed E-state index contributed by atoms with van der Waals surface area (Å²) in [5.41, 5.74) is 0.117. The van der Waals surface area contributed by atoms with E-state index in [9.17, 15) is 19.3 Å². The van der Waals surface area contributed by atoms with Crippen LogP contribution in [0.2, 0.25) is 0 Å².